The molecule has 0 radical (unpaired) electrons. The second-order valence-corrected chi connectivity index (χ2v) is 7.80. The topological polar surface area (TPSA) is 27.7 Å². The molecule has 0 aromatic carbocycles. The van der Waals surface area contributed by atoms with E-state index in [1.807, 2.05) is 0 Å². The first kappa shape index (κ1) is 16.7. The summed E-state index contributed by atoms with van der Waals surface area (Å²) in [7, 11) is 2.45. The predicted octanol–water partition coefficient (Wildman–Crippen LogP) is 2.96. The third-order valence-corrected chi connectivity index (χ3v) is 6.50. The van der Waals surface area contributed by atoms with Crippen molar-refractivity contribution in [2.24, 2.45) is 0 Å². The van der Waals surface area contributed by atoms with Gasteiger partial charge >= 0.3 is 8.80 Å². The Balaban J connectivity index is 3.86. The maximum atomic E-state index is 5.62. The van der Waals surface area contributed by atoms with Crippen LogP contribution in [0.2, 0.25) is 6.04 Å². The van der Waals surface area contributed by atoms with E-state index in [0.717, 1.165) is 37.6 Å². The number of hydrogen-bond donors (Lipinski definition) is 1. The van der Waals surface area contributed by atoms with Crippen molar-refractivity contribution < 1.29 is 13.3 Å². The first-order valence-electron chi connectivity index (χ1n) is 5.53. The fourth-order valence-electron chi connectivity index (χ4n) is 1.54. The third-order valence-electron chi connectivity index (χ3n) is 2.59. The van der Waals surface area contributed by atoms with Gasteiger partial charge in [-0.25, -0.2) is 0 Å². The fraction of sp³-hybridized carbons (Fsp3) is 1.00. The highest BCUT2D eigenvalue weighted by Crippen LogP contribution is 2.22. The Bertz CT molecular complexity index is 162. The zero-order valence-electron chi connectivity index (χ0n) is 10.4. The highest BCUT2D eigenvalue weighted by molar-refractivity contribution is 7.81. The molecule has 0 spiro atoms. The molecule has 0 saturated heterocycles. The SMILES string of the molecule is CO[Si](CC(S)CCCCCCl)(OC)OC. The van der Waals surface area contributed by atoms with Gasteiger partial charge in [-0.05, 0) is 12.8 Å². The van der Waals surface area contributed by atoms with Gasteiger partial charge in [0.1, 0.15) is 0 Å². The highest BCUT2D eigenvalue weighted by atomic mass is 35.5. The molecule has 0 amide bonds. The van der Waals surface area contributed by atoms with E-state index in [9.17, 15) is 0 Å². The molecular weight excluding hydrogens is 264 g/mol. The van der Waals surface area contributed by atoms with Crippen LogP contribution in [0.3, 0.4) is 0 Å². The van der Waals surface area contributed by atoms with Gasteiger partial charge in [-0.3, -0.25) is 0 Å². The molecule has 0 fully saturated rings. The summed E-state index contributed by atoms with van der Waals surface area (Å²) in [6.07, 6.45) is 4.42. The van der Waals surface area contributed by atoms with Crippen LogP contribution in [0.5, 0.6) is 0 Å². The number of alkyl halides is 1. The number of hydrogen-bond acceptors (Lipinski definition) is 4. The monoisotopic (exact) mass is 286 g/mol. The maximum absolute atomic E-state index is 5.62. The van der Waals surface area contributed by atoms with Crippen molar-refractivity contribution in [3.05, 3.63) is 0 Å². The van der Waals surface area contributed by atoms with Crippen LogP contribution in [-0.2, 0) is 13.3 Å². The third kappa shape index (κ3) is 6.47. The van der Waals surface area contributed by atoms with Gasteiger partial charge in [0.2, 0.25) is 0 Å². The molecule has 0 aliphatic rings. The van der Waals surface area contributed by atoms with E-state index in [0.29, 0.717) is 0 Å². The second kappa shape index (κ2) is 9.73. The van der Waals surface area contributed by atoms with Crippen molar-refractivity contribution in [3.8, 4) is 0 Å². The summed E-state index contributed by atoms with van der Waals surface area (Å²) in [6.45, 7) is 0. The molecule has 0 bridgehead atoms. The fourth-order valence-corrected chi connectivity index (χ4v) is 4.37. The lowest BCUT2D eigenvalue weighted by Crippen LogP contribution is -2.44. The van der Waals surface area contributed by atoms with Crippen molar-refractivity contribution in [2.75, 3.05) is 27.2 Å². The molecule has 98 valence electrons. The van der Waals surface area contributed by atoms with Crippen LogP contribution in [0, 0.1) is 0 Å². The Hall–Kier alpha value is 0.737. The minimum Gasteiger partial charge on any atom is -0.377 e. The highest BCUT2D eigenvalue weighted by Gasteiger charge is 2.39. The van der Waals surface area contributed by atoms with E-state index in [2.05, 4.69) is 12.6 Å². The quantitative estimate of drug-likeness (QED) is 0.290. The number of halogens is 1. The molecular formula is C10H23ClO3SSi. The van der Waals surface area contributed by atoms with Crippen LogP contribution in [-0.4, -0.2) is 41.3 Å². The van der Waals surface area contributed by atoms with Gasteiger partial charge in [0.05, 0.1) is 0 Å². The van der Waals surface area contributed by atoms with Crippen molar-refractivity contribution in [1.29, 1.82) is 0 Å². The lowest BCUT2D eigenvalue weighted by atomic mass is 10.2. The van der Waals surface area contributed by atoms with Crippen LogP contribution < -0.4 is 0 Å². The first-order valence-corrected chi connectivity index (χ1v) is 8.52. The molecule has 16 heavy (non-hydrogen) atoms. The van der Waals surface area contributed by atoms with Gasteiger partial charge in [0, 0.05) is 38.5 Å². The second-order valence-electron chi connectivity index (χ2n) is 3.69. The molecule has 0 rings (SSSR count). The Morgan fingerprint density at radius 2 is 1.62 bits per heavy atom. The summed E-state index contributed by atoms with van der Waals surface area (Å²) in [5.41, 5.74) is 0. The van der Waals surface area contributed by atoms with Crippen LogP contribution in [0.25, 0.3) is 0 Å². The summed E-state index contributed by atoms with van der Waals surface area (Å²) >= 11 is 10.2. The number of rotatable bonds is 10. The van der Waals surface area contributed by atoms with E-state index in [1.165, 1.54) is 0 Å². The van der Waals surface area contributed by atoms with Gasteiger partial charge in [-0.1, -0.05) is 12.8 Å². The van der Waals surface area contributed by atoms with Crippen molar-refractivity contribution in [3.63, 3.8) is 0 Å². The van der Waals surface area contributed by atoms with Gasteiger partial charge in [0.15, 0.2) is 0 Å². The Kier molecular flexibility index (Phi) is 10.2. The van der Waals surface area contributed by atoms with Crippen LogP contribution >= 0.6 is 24.2 Å². The molecule has 1 atom stereocenters. The maximum Gasteiger partial charge on any atom is 0.501 e. The van der Waals surface area contributed by atoms with Crippen LogP contribution in [0.1, 0.15) is 25.7 Å². The van der Waals surface area contributed by atoms with Crippen molar-refractivity contribution in [1.82, 2.24) is 0 Å². The van der Waals surface area contributed by atoms with E-state index in [4.69, 9.17) is 24.9 Å². The normalized spacial score (nSPS) is 14.1. The molecule has 0 aliphatic heterocycles. The zero-order valence-corrected chi connectivity index (χ0v) is 13.0. The summed E-state index contributed by atoms with van der Waals surface area (Å²) < 4.78 is 16.1. The van der Waals surface area contributed by atoms with E-state index in [-0.39, 0.29) is 5.25 Å². The van der Waals surface area contributed by atoms with Gasteiger partial charge in [-0.15, -0.1) is 11.6 Å². The standard InChI is InChI=1S/C10H23ClO3SSi/c1-12-16(13-2,14-3)9-10(15)7-5-4-6-8-11/h10,15H,4-9H2,1-3H3. The smallest absolute Gasteiger partial charge is 0.377 e. The zero-order chi connectivity index (χ0) is 12.4. The molecule has 0 saturated carbocycles. The summed E-state index contributed by atoms with van der Waals surface area (Å²) in [5.74, 6) is 0.740. The largest absolute Gasteiger partial charge is 0.501 e. The van der Waals surface area contributed by atoms with E-state index >= 15 is 0 Å². The predicted molar refractivity (Wildman–Crippen MR) is 73.6 cm³/mol. The minimum absolute atomic E-state index is 0.266. The molecule has 3 nitrogen and oxygen atoms in total. The van der Waals surface area contributed by atoms with Gasteiger partial charge in [0.25, 0.3) is 0 Å². The average Bonchev–Trinajstić information content (AvgIpc) is 2.32. The molecule has 0 aliphatic carbocycles. The Labute approximate surface area is 111 Å². The van der Waals surface area contributed by atoms with Gasteiger partial charge in [-0.2, -0.15) is 12.6 Å². The van der Waals surface area contributed by atoms with E-state index < -0.39 is 8.80 Å². The Morgan fingerprint density at radius 3 is 2.06 bits per heavy atom. The molecule has 1 unspecified atom stereocenters. The number of thiol groups is 1. The van der Waals surface area contributed by atoms with Crippen LogP contribution in [0.15, 0.2) is 0 Å². The number of unbranched alkanes of at least 4 members (excludes halogenated alkanes) is 2. The lowest BCUT2D eigenvalue weighted by Gasteiger charge is -2.26. The molecule has 0 aromatic heterocycles. The van der Waals surface area contributed by atoms with Crippen LogP contribution in [0.4, 0.5) is 0 Å². The molecule has 6 heteroatoms. The molecule has 0 N–H and O–H groups in total. The summed E-state index contributed by atoms with van der Waals surface area (Å²) in [4.78, 5) is 0. The summed E-state index contributed by atoms with van der Waals surface area (Å²) in [6, 6.07) is 0.750. The first-order chi connectivity index (χ1) is 7.64. The summed E-state index contributed by atoms with van der Waals surface area (Å²) in [5, 5.41) is 0.266. The average molecular weight is 287 g/mol. The minimum atomic E-state index is -2.45. The molecule has 0 aromatic rings. The lowest BCUT2D eigenvalue weighted by molar-refractivity contribution is 0.123. The van der Waals surface area contributed by atoms with Crippen molar-refractivity contribution >= 4 is 33.0 Å². The molecule has 0 heterocycles. The Morgan fingerprint density at radius 1 is 1.06 bits per heavy atom. The van der Waals surface area contributed by atoms with E-state index in [1.54, 1.807) is 21.3 Å². The van der Waals surface area contributed by atoms with Crippen molar-refractivity contribution in [2.45, 2.75) is 37.0 Å². The van der Waals surface area contributed by atoms with Gasteiger partial charge < -0.3 is 13.3 Å².